The summed E-state index contributed by atoms with van der Waals surface area (Å²) in [7, 11) is 0. The van der Waals surface area contributed by atoms with Crippen molar-refractivity contribution in [1.29, 1.82) is 0 Å². The first-order valence-corrected chi connectivity index (χ1v) is 8.06. The van der Waals surface area contributed by atoms with E-state index < -0.39 is 0 Å². The molecule has 2 aromatic carbocycles. The van der Waals surface area contributed by atoms with Crippen molar-refractivity contribution >= 4 is 51.9 Å². The van der Waals surface area contributed by atoms with Crippen LogP contribution in [0.15, 0.2) is 42.5 Å². The molecule has 0 spiro atoms. The van der Waals surface area contributed by atoms with Gasteiger partial charge in [0.15, 0.2) is 5.11 Å². The lowest BCUT2D eigenvalue weighted by molar-refractivity contribution is 0.592. The number of hydrogen-bond acceptors (Lipinski definition) is 1. The van der Waals surface area contributed by atoms with Crippen LogP contribution in [0, 0.1) is 0 Å². The zero-order chi connectivity index (χ0) is 16.3. The van der Waals surface area contributed by atoms with Gasteiger partial charge in [0.2, 0.25) is 0 Å². The summed E-state index contributed by atoms with van der Waals surface area (Å²) in [5, 5.41) is 7.94. The van der Waals surface area contributed by atoms with Crippen LogP contribution < -0.4 is 10.6 Å². The maximum Gasteiger partial charge on any atom is 0.175 e. The summed E-state index contributed by atoms with van der Waals surface area (Å²) in [5.41, 5.74) is 2.92. The third kappa shape index (κ3) is 4.35. The molecule has 0 aliphatic heterocycles. The van der Waals surface area contributed by atoms with Gasteiger partial charge < -0.3 is 10.6 Å². The van der Waals surface area contributed by atoms with Crippen molar-refractivity contribution in [1.82, 2.24) is 0 Å². The van der Waals surface area contributed by atoms with Gasteiger partial charge in [0, 0.05) is 10.7 Å². The summed E-state index contributed by atoms with van der Waals surface area (Å²) in [6.07, 6.45) is 0. The van der Waals surface area contributed by atoms with Crippen LogP contribution in [0.5, 0.6) is 0 Å². The number of hydrogen-bond donors (Lipinski definition) is 2. The Labute approximate surface area is 146 Å². The van der Waals surface area contributed by atoms with Gasteiger partial charge in [-0.05, 0) is 47.5 Å². The van der Waals surface area contributed by atoms with Crippen molar-refractivity contribution in [3.63, 3.8) is 0 Å². The normalized spacial score (nSPS) is 11.1. The molecule has 5 heteroatoms. The van der Waals surface area contributed by atoms with E-state index in [4.69, 9.17) is 35.4 Å². The van der Waals surface area contributed by atoms with Gasteiger partial charge in [-0.15, -0.1) is 0 Å². The molecule has 2 nitrogen and oxygen atoms in total. The van der Waals surface area contributed by atoms with Crippen LogP contribution in [0.4, 0.5) is 11.4 Å². The van der Waals surface area contributed by atoms with Gasteiger partial charge in [-0.2, -0.15) is 0 Å². The number of benzene rings is 2. The average Bonchev–Trinajstić information content (AvgIpc) is 2.41. The fourth-order valence-corrected chi connectivity index (χ4v) is 2.79. The van der Waals surface area contributed by atoms with Crippen molar-refractivity contribution in [3.8, 4) is 0 Å². The molecule has 0 unspecified atom stereocenters. The van der Waals surface area contributed by atoms with Crippen LogP contribution in [0.1, 0.15) is 26.3 Å². The second-order valence-corrected chi connectivity index (χ2v) is 7.25. The van der Waals surface area contributed by atoms with Crippen LogP contribution in [0.3, 0.4) is 0 Å². The summed E-state index contributed by atoms with van der Waals surface area (Å²) in [4.78, 5) is 0. The predicted octanol–water partition coefficient (Wildman–Crippen LogP) is 6.10. The fraction of sp³-hybridized carbons (Fsp3) is 0.235. The lowest BCUT2D eigenvalue weighted by Crippen LogP contribution is -2.22. The molecule has 0 saturated carbocycles. The number of halogens is 2. The zero-order valence-corrected chi connectivity index (χ0v) is 15.0. The number of rotatable bonds is 2. The Morgan fingerprint density at radius 2 is 1.59 bits per heavy atom. The Bertz CT molecular complexity index is 693. The van der Waals surface area contributed by atoms with Crippen molar-refractivity contribution in [2.75, 3.05) is 10.6 Å². The summed E-state index contributed by atoms with van der Waals surface area (Å²) in [6.45, 7) is 6.50. The highest BCUT2D eigenvalue weighted by molar-refractivity contribution is 7.80. The van der Waals surface area contributed by atoms with E-state index in [0.29, 0.717) is 15.2 Å². The molecule has 0 bridgehead atoms. The molecule has 0 aliphatic rings. The lowest BCUT2D eigenvalue weighted by atomic mass is 9.86. The van der Waals surface area contributed by atoms with Gasteiger partial charge in [0.1, 0.15) is 0 Å². The number of nitrogens with one attached hydrogen (secondary N) is 2. The van der Waals surface area contributed by atoms with E-state index in [1.165, 1.54) is 5.56 Å². The lowest BCUT2D eigenvalue weighted by Gasteiger charge is -2.23. The SMILES string of the molecule is CC(C)(C)c1ccccc1NC(=S)Nc1ccc(Cl)cc1Cl. The first-order valence-electron chi connectivity index (χ1n) is 6.90. The summed E-state index contributed by atoms with van der Waals surface area (Å²) >= 11 is 17.4. The smallest absolute Gasteiger partial charge is 0.175 e. The highest BCUT2D eigenvalue weighted by Gasteiger charge is 2.17. The van der Waals surface area contributed by atoms with E-state index in [1.807, 2.05) is 18.2 Å². The third-order valence-electron chi connectivity index (χ3n) is 3.16. The van der Waals surface area contributed by atoms with Gasteiger partial charge in [-0.1, -0.05) is 62.2 Å². The van der Waals surface area contributed by atoms with Gasteiger partial charge in [0.25, 0.3) is 0 Å². The van der Waals surface area contributed by atoms with Crippen LogP contribution in [0.25, 0.3) is 0 Å². The monoisotopic (exact) mass is 352 g/mol. The first kappa shape index (κ1) is 17.1. The summed E-state index contributed by atoms with van der Waals surface area (Å²) in [6, 6.07) is 13.4. The Kier molecular flexibility index (Phi) is 5.32. The van der Waals surface area contributed by atoms with Gasteiger partial charge in [0.05, 0.1) is 10.7 Å². The molecule has 0 heterocycles. The Morgan fingerprint density at radius 1 is 0.955 bits per heavy atom. The molecule has 0 aromatic heterocycles. The maximum atomic E-state index is 6.15. The number of para-hydroxylation sites is 1. The maximum absolute atomic E-state index is 6.15. The minimum Gasteiger partial charge on any atom is -0.332 e. The quantitative estimate of drug-likeness (QED) is 0.638. The molecule has 116 valence electrons. The zero-order valence-electron chi connectivity index (χ0n) is 12.7. The molecule has 0 fully saturated rings. The highest BCUT2D eigenvalue weighted by atomic mass is 35.5. The second kappa shape index (κ2) is 6.86. The molecular weight excluding hydrogens is 335 g/mol. The van der Waals surface area contributed by atoms with Crippen molar-refractivity contribution in [2.24, 2.45) is 0 Å². The van der Waals surface area contributed by atoms with Crippen molar-refractivity contribution in [2.45, 2.75) is 26.2 Å². The van der Waals surface area contributed by atoms with E-state index in [9.17, 15) is 0 Å². The Balaban J connectivity index is 2.16. The van der Waals surface area contributed by atoms with Crippen LogP contribution in [-0.2, 0) is 5.41 Å². The predicted molar refractivity (Wildman–Crippen MR) is 101 cm³/mol. The molecule has 2 N–H and O–H groups in total. The standard InChI is InChI=1S/C17H18Cl2N2S/c1-17(2,3)12-6-4-5-7-14(12)20-16(22)21-15-9-8-11(18)10-13(15)19/h4-10H,1-3H3,(H2,20,21,22). The largest absolute Gasteiger partial charge is 0.332 e. The molecule has 0 saturated heterocycles. The van der Waals surface area contributed by atoms with Gasteiger partial charge in [-0.25, -0.2) is 0 Å². The van der Waals surface area contributed by atoms with E-state index >= 15 is 0 Å². The second-order valence-electron chi connectivity index (χ2n) is 6.00. The molecule has 0 amide bonds. The molecule has 0 aliphatic carbocycles. The summed E-state index contributed by atoms with van der Waals surface area (Å²) < 4.78 is 0. The topological polar surface area (TPSA) is 24.1 Å². The highest BCUT2D eigenvalue weighted by Crippen LogP contribution is 2.30. The molecule has 0 atom stereocenters. The van der Waals surface area contributed by atoms with E-state index in [0.717, 1.165) is 11.4 Å². The van der Waals surface area contributed by atoms with Crippen LogP contribution >= 0.6 is 35.4 Å². The third-order valence-corrected chi connectivity index (χ3v) is 3.91. The van der Waals surface area contributed by atoms with Crippen LogP contribution in [0.2, 0.25) is 10.0 Å². The van der Waals surface area contributed by atoms with Crippen molar-refractivity contribution in [3.05, 3.63) is 58.1 Å². The number of anilines is 2. The number of thiocarbonyl (C=S) groups is 1. The molecule has 22 heavy (non-hydrogen) atoms. The average molecular weight is 353 g/mol. The van der Waals surface area contributed by atoms with E-state index in [2.05, 4.69) is 37.5 Å². The minimum absolute atomic E-state index is 0.0249. The van der Waals surface area contributed by atoms with E-state index in [1.54, 1.807) is 18.2 Å². The van der Waals surface area contributed by atoms with Crippen molar-refractivity contribution < 1.29 is 0 Å². The van der Waals surface area contributed by atoms with Gasteiger partial charge in [-0.3, -0.25) is 0 Å². The molecule has 2 aromatic rings. The molecule has 0 radical (unpaired) electrons. The van der Waals surface area contributed by atoms with Gasteiger partial charge >= 0.3 is 0 Å². The molecular formula is C17H18Cl2N2S. The van der Waals surface area contributed by atoms with E-state index in [-0.39, 0.29) is 5.41 Å². The van der Waals surface area contributed by atoms with Crippen LogP contribution in [-0.4, -0.2) is 5.11 Å². The molecule has 2 rings (SSSR count). The summed E-state index contributed by atoms with van der Waals surface area (Å²) in [5.74, 6) is 0. The Hall–Kier alpha value is -1.29. The Morgan fingerprint density at radius 3 is 2.23 bits per heavy atom. The minimum atomic E-state index is 0.0249. The first-order chi connectivity index (χ1) is 10.3. The fourth-order valence-electron chi connectivity index (χ4n) is 2.11.